The van der Waals surface area contributed by atoms with Gasteiger partial charge < -0.3 is 9.47 Å². The fourth-order valence-electron chi connectivity index (χ4n) is 2.20. The minimum absolute atomic E-state index is 0.166. The van der Waals surface area contributed by atoms with Crippen molar-refractivity contribution in [1.82, 2.24) is 0 Å². The molecule has 0 heterocycles. The van der Waals surface area contributed by atoms with Gasteiger partial charge in [0.2, 0.25) is 0 Å². The molecule has 0 spiro atoms. The monoisotopic (exact) mass is 316 g/mol. The van der Waals surface area contributed by atoms with Crippen LogP contribution in [0.1, 0.15) is 50.7 Å². The number of hydrogen-bond acceptors (Lipinski definition) is 3. The molecule has 0 fully saturated rings. The fraction of sp³-hybridized carbons (Fsp3) is 0.550. The first kappa shape index (κ1) is 19.1. The van der Waals surface area contributed by atoms with E-state index in [-0.39, 0.29) is 5.97 Å². The number of benzene rings is 1. The van der Waals surface area contributed by atoms with Crippen molar-refractivity contribution in [1.29, 1.82) is 0 Å². The topological polar surface area (TPSA) is 35.5 Å². The highest BCUT2D eigenvalue weighted by molar-refractivity contribution is 5.75. The highest BCUT2D eigenvalue weighted by Crippen LogP contribution is 2.25. The van der Waals surface area contributed by atoms with Crippen molar-refractivity contribution in [2.24, 2.45) is 5.41 Å². The highest BCUT2D eigenvalue weighted by Gasteiger charge is 2.28. The SMILES string of the molecule is C#CCCCOC(=O)C(C)(C)CCCOc1cc(C)ccc1C. The van der Waals surface area contributed by atoms with Crippen LogP contribution in [-0.4, -0.2) is 19.2 Å². The molecule has 0 unspecified atom stereocenters. The van der Waals surface area contributed by atoms with E-state index >= 15 is 0 Å². The summed E-state index contributed by atoms with van der Waals surface area (Å²) in [5.41, 5.74) is 1.81. The van der Waals surface area contributed by atoms with E-state index in [0.29, 0.717) is 26.1 Å². The molecule has 3 nitrogen and oxygen atoms in total. The molecule has 0 aliphatic carbocycles. The fourth-order valence-corrected chi connectivity index (χ4v) is 2.20. The zero-order chi connectivity index (χ0) is 17.3. The van der Waals surface area contributed by atoms with Gasteiger partial charge in [-0.2, -0.15) is 0 Å². The molecule has 1 aromatic rings. The summed E-state index contributed by atoms with van der Waals surface area (Å²) in [5, 5.41) is 0. The minimum Gasteiger partial charge on any atom is -0.493 e. The molecule has 0 bridgehead atoms. The zero-order valence-electron chi connectivity index (χ0n) is 14.8. The van der Waals surface area contributed by atoms with Crippen LogP contribution in [0.2, 0.25) is 0 Å². The van der Waals surface area contributed by atoms with E-state index in [9.17, 15) is 4.79 Å². The molecule has 3 heteroatoms. The lowest BCUT2D eigenvalue weighted by Crippen LogP contribution is -2.27. The van der Waals surface area contributed by atoms with Gasteiger partial charge in [-0.3, -0.25) is 4.79 Å². The average Bonchev–Trinajstić information content (AvgIpc) is 2.51. The van der Waals surface area contributed by atoms with Crippen molar-refractivity contribution in [2.75, 3.05) is 13.2 Å². The van der Waals surface area contributed by atoms with E-state index in [2.05, 4.69) is 18.1 Å². The average molecular weight is 316 g/mol. The van der Waals surface area contributed by atoms with Crippen LogP contribution in [0.25, 0.3) is 0 Å². The third-order valence-corrected chi connectivity index (χ3v) is 3.80. The third kappa shape index (κ3) is 6.78. The van der Waals surface area contributed by atoms with Gasteiger partial charge in [-0.15, -0.1) is 12.3 Å². The van der Waals surface area contributed by atoms with Crippen molar-refractivity contribution in [3.05, 3.63) is 29.3 Å². The van der Waals surface area contributed by atoms with Gasteiger partial charge in [0.1, 0.15) is 5.75 Å². The Morgan fingerprint density at radius 3 is 2.65 bits per heavy atom. The van der Waals surface area contributed by atoms with Gasteiger partial charge in [0.25, 0.3) is 0 Å². The number of hydrogen-bond donors (Lipinski definition) is 0. The molecule has 126 valence electrons. The molecule has 0 aliphatic rings. The summed E-state index contributed by atoms with van der Waals surface area (Å²) in [6, 6.07) is 6.17. The second-order valence-corrected chi connectivity index (χ2v) is 6.55. The van der Waals surface area contributed by atoms with Gasteiger partial charge in [0.05, 0.1) is 18.6 Å². The van der Waals surface area contributed by atoms with Crippen LogP contribution in [0.4, 0.5) is 0 Å². The summed E-state index contributed by atoms with van der Waals surface area (Å²) in [6.07, 6.45) is 8.06. The number of unbranched alkanes of at least 4 members (excludes halogenated alkanes) is 1. The Hall–Kier alpha value is -1.95. The van der Waals surface area contributed by atoms with Gasteiger partial charge in [0.15, 0.2) is 0 Å². The lowest BCUT2D eigenvalue weighted by molar-refractivity contribution is -0.154. The summed E-state index contributed by atoms with van der Waals surface area (Å²) >= 11 is 0. The van der Waals surface area contributed by atoms with E-state index < -0.39 is 5.41 Å². The Bertz CT molecular complexity index is 552. The summed E-state index contributed by atoms with van der Waals surface area (Å²) in [5.74, 6) is 3.29. The lowest BCUT2D eigenvalue weighted by Gasteiger charge is -2.22. The summed E-state index contributed by atoms with van der Waals surface area (Å²) in [6.45, 7) is 8.89. The molecule has 0 radical (unpaired) electrons. The predicted molar refractivity (Wildman–Crippen MR) is 93.5 cm³/mol. The van der Waals surface area contributed by atoms with Gasteiger partial charge >= 0.3 is 5.97 Å². The molecule has 0 aliphatic heterocycles. The highest BCUT2D eigenvalue weighted by atomic mass is 16.5. The summed E-state index contributed by atoms with van der Waals surface area (Å²) in [7, 11) is 0. The second kappa shape index (κ2) is 9.25. The first-order valence-corrected chi connectivity index (χ1v) is 8.17. The Kier molecular flexibility index (Phi) is 7.68. The van der Waals surface area contributed by atoms with E-state index in [0.717, 1.165) is 24.2 Å². The van der Waals surface area contributed by atoms with E-state index in [4.69, 9.17) is 15.9 Å². The first-order chi connectivity index (χ1) is 10.9. The Labute approximate surface area is 140 Å². The van der Waals surface area contributed by atoms with Crippen LogP contribution in [0.15, 0.2) is 18.2 Å². The Morgan fingerprint density at radius 2 is 1.96 bits per heavy atom. The molecular weight excluding hydrogens is 288 g/mol. The van der Waals surface area contributed by atoms with Crippen LogP contribution in [0, 0.1) is 31.6 Å². The van der Waals surface area contributed by atoms with Gasteiger partial charge in [-0.1, -0.05) is 12.1 Å². The number of terminal acetylenes is 1. The van der Waals surface area contributed by atoms with Crippen molar-refractivity contribution in [3.63, 3.8) is 0 Å². The number of ether oxygens (including phenoxy) is 2. The minimum atomic E-state index is -0.499. The smallest absolute Gasteiger partial charge is 0.311 e. The van der Waals surface area contributed by atoms with E-state index in [1.54, 1.807) is 0 Å². The van der Waals surface area contributed by atoms with Gasteiger partial charge in [-0.05, 0) is 64.2 Å². The van der Waals surface area contributed by atoms with Crippen molar-refractivity contribution >= 4 is 5.97 Å². The molecule has 0 atom stereocenters. The summed E-state index contributed by atoms with van der Waals surface area (Å²) in [4.78, 5) is 12.1. The molecule has 0 aromatic heterocycles. The van der Waals surface area contributed by atoms with E-state index in [1.165, 1.54) is 5.56 Å². The number of rotatable bonds is 9. The zero-order valence-corrected chi connectivity index (χ0v) is 14.8. The van der Waals surface area contributed by atoms with Crippen LogP contribution < -0.4 is 4.74 Å². The number of carbonyl (C=O) groups is 1. The predicted octanol–water partition coefficient (Wildman–Crippen LogP) is 4.45. The standard InChI is InChI=1S/C20H28O3/c1-6-7-8-13-23-19(21)20(4,5)12-9-14-22-18-15-16(2)10-11-17(18)3/h1,10-11,15H,7-9,12-14H2,2-5H3. The van der Waals surface area contributed by atoms with Crippen LogP contribution in [0.3, 0.4) is 0 Å². The maximum absolute atomic E-state index is 12.1. The molecule has 0 saturated carbocycles. The Morgan fingerprint density at radius 1 is 1.22 bits per heavy atom. The number of aryl methyl sites for hydroxylation is 2. The molecule has 1 aromatic carbocycles. The maximum Gasteiger partial charge on any atom is 0.311 e. The van der Waals surface area contributed by atoms with E-state index in [1.807, 2.05) is 33.8 Å². The normalized spacial score (nSPS) is 10.9. The van der Waals surface area contributed by atoms with Crippen molar-refractivity contribution in [2.45, 2.75) is 53.4 Å². The van der Waals surface area contributed by atoms with Crippen molar-refractivity contribution < 1.29 is 14.3 Å². The van der Waals surface area contributed by atoms with Gasteiger partial charge in [0, 0.05) is 6.42 Å². The third-order valence-electron chi connectivity index (χ3n) is 3.80. The molecular formula is C20H28O3. The molecule has 0 amide bonds. The molecule has 1 rings (SSSR count). The second-order valence-electron chi connectivity index (χ2n) is 6.55. The van der Waals surface area contributed by atoms with Crippen LogP contribution in [-0.2, 0) is 9.53 Å². The van der Waals surface area contributed by atoms with Gasteiger partial charge in [-0.25, -0.2) is 0 Å². The number of esters is 1. The molecule has 0 saturated heterocycles. The quantitative estimate of drug-likeness (QED) is 0.384. The maximum atomic E-state index is 12.1. The Balaban J connectivity index is 2.34. The first-order valence-electron chi connectivity index (χ1n) is 8.17. The summed E-state index contributed by atoms with van der Waals surface area (Å²) < 4.78 is 11.1. The van der Waals surface area contributed by atoms with Crippen molar-refractivity contribution in [3.8, 4) is 18.1 Å². The molecule has 0 N–H and O–H groups in total. The lowest BCUT2D eigenvalue weighted by atomic mass is 9.88. The largest absolute Gasteiger partial charge is 0.493 e. The van der Waals surface area contributed by atoms with Crippen LogP contribution in [0.5, 0.6) is 5.75 Å². The van der Waals surface area contributed by atoms with Crippen LogP contribution >= 0.6 is 0 Å². The number of carbonyl (C=O) groups excluding carboxylic acids is 1. The molecule has 23 heavy (non-hydrogen) atoms.